The Morgan fingerprint density at radius 1 is 1.07 bits per heavy atom. The summed E-state index contributed by atoms with van der Waals surface area (Å²) in [5.74, 6) is 0. The first-order valence-corrected chi connectivity index (χ1v) is 6.02. The van der Waals surface area contributed by atoms with Crippen molar-refractivity contribution < 1.29 is 8.76 Å². The van der Waals surface area contributed by atoms with Gasteiger partial charge in [-0.2, -0.15) is 0 Å². The molecule has 0 spiro atoms. The molecule has 3 rings (SSSR count). The maximum atomic E-state index is 11.2. The van der Waals surface area contributed by atoms with Crippen molar-refractivity contribution in [3.05, 3.63) is 41.5 Å². The summed E-state index contributed by atoms with van der Waals surface area (Å²) in [6.45, 7) is 0. The van der Waals surface area contributed by atoms with Crippen molar-refractivity contribution in [3.63, 3.8) is 0 Å². The van der Waals surface area contributed by atoms with Crippen LogP contribution in [-0.2, 0) is 23.9 Å². The van der Waals surface area contributed by atoms with Crippen molar-refractivity contribution in [2.75, 3.05) is 0 Å². The lowest BCUT2D eigenvalue weighted by atomic mass is 10.1. The molecule has 0 saturated carbocycles. The van der Waals surface area contributed by atoms with Crippen LogP contribution in [0.2, 0.25) is 0 Å². The normalized spacial score (nSPS) is 15.8. The molecule has 0 saturated heterocycles. The maximum Gasteiger partial charge on any atom is 0.187 e. The Morgan fingerprint density at radius 2 is 1.80 bits per heavy atom. The molecule has 0 aliphatic heterocycles. The Balaban J connectivity index is 2.48. The third-order valence-electron chi connectivity index (χ3n) is 3.03. The molecule has 0 bridgehead atoms. The molecule has 2 aromatic carbocycles. The van der Waals surface area contributed by atoms with Gasteiger partial charge in [0.15, 0.2) is 11.1 Å². The molecule has 2 nitrogen and oxygen atoms in total. The van der Waals surface area contributed by atoms with Gasteiger partial charge >= 0.3 is 0 Å². The fraction of sp³-hybridized carbons (Fsp3) is 0.167. The predicted molar refractivity (Wildman–Crippen MR) is 60.4 cm³/mol. The van der Waals surface area contributed by atoms with E-state index in [4.69, 9.17) is 0 Å². The molecule has 2 aromatic rings. The number of rotatable bonds is 1. The molecule has 3 heteroatoms. The fourth-order valence-corrected chi connectivity index (χ4v) is 2.92. The molecular weight excluding hydrogens is 208 g/mol. The summed E-state index contributed by atoms with van der Waals surface area (Å²) in [7, 11) is 0. The lowest BCUT2D eigenvalue weighted by molar-refractivity contribution is 0.565. The monoisotopic (exact) mass is 218 g/mol. The topological polar surface area (TPSA) is 37.3 Å². The average Bonchev–Trinajstić information content (AvgIpc) is 2.64. The van der Waals surface area contributed by atoms with E-state index in [1.165, 1.54) is 16.5 Å². The summed E-state index contributed by atoms with van der Waals surface area (Å²) in [6, 6.07) is 9.73. The van der Waals surface area contributed by atoms with Crippen molar-refractivity contribution in [1.29, 1.82) is 0 Å². The minimum absolute atomic E-state index is 0.525. The highest BCUT2D eigenvalue weighted by Crippen LogP contribution is 2.33. The molecule has 1 N–H and O–H groups in total. The van der Waals surface area contributed by atoms with Crippen LogP contribution in [0.4, 0.5) is 0 Å². The average molecular weight is 218 g/mol. The van der Waals surface area contributed by atoms with E-state index >= 15 is 0 Å². The summed E-state index contributed by atoms with van der Waals surface area (Å²) >= 11 is -1.89. The van der Waals surface area contributed by atoms with Gasteiger partial charge in [0.25, 0.3) is 0 Å². The molecule has 1 aliphatic carbocycles. The van der Waals surface area contributed by atoms with E-state index in [0.29, 0.717) is 4.90 Å². The lowest BCUT2D eigenvalue weighted by Crippen LogP contribution is -1.91. The molecular formula is C12H10O2S. The van der Waals surface area contributed by atoms with E-state index in [2.05, 4.69) is 6.07 Å². The van der Waals surface area contributed by atoms with Gasteiger partial charge in [-0.1, -0.05) is 24.3 Å². The van der Waals surface area contributed by atoms with Crippen molar-refractivity contribution >= 4 is 21.9 Å². The molecule has 0 heterocycles. The summed E-state index contributed by atoms with van der Waals surface area (Å²) in [4.78, 5) is 0.525. The van der Waals surface area contributed by atoms with Crippen LogP contribution in [-0.4, -0.2) is 8.76 Å². The van der Waals surface area contributed by atoms with Crippen LogP contribution in [0.5, 0.6) is 0 Å². The molecule has 1 atom stereocenters. The van der Waals surface area contributed by atoms with Gasteiger partial charge in [-0.3, -0.25) is 0 Å². The summed E-state index contributed by atoms with van der Waals surface area (Å²) < 4.78 is 20.4. The summed E-state index contributed by atoms with van der Waals surface area (Å²) in [5.41, 5.74) is 2.60. The van der Waals surface area contributed by atoms with E-state index in [1.807, 2.05) is 18.2 Å². The second kappa shape index (κ2) is 3.15. The molecule has 15 heavy (non-hydrogen) atoms. The quantitative estimate of drug-likeness (QED) is 0.747. The zero-order valence-electron chi connectivity index (χ0n) is 8.06. The van der Waals surface area contributed by atoms with E-state index in [9.17, 15) is 8.76 Å². The van der Waals surface area contributed by atoms with Crippen molar-refractivity contribution in [1.82, 2.24) is 0 Å². The first kappa shape index (κ1) is 9.07. The van der Waals surface area contributed by atoms with Crippen LogP contribution in [0.1, 0.15) is 11.1 Å². The van der Waals surface area contributed by atoms with Crippen LogP contribution in [0.25, 0.3) is 10.8 Å². The Kier molecular flexibility index (Phi) is 1.90. The third-order valence-corrected chi connectivity index (χ3v) is 3.76. The standard InChI is InChI=1S/C12H10O2S/c13-15(14)11-7-6-9-5-4-8-2-1-3-10(11)12(8)9/h1-3,6-7H,4-5H2,(H,13,14). The molecule has 1 unspecified atom stereocenters. The Morgan fingerprint density at radius 3 is 2.53 bits per heavy atom. The fourth-order valence-electron chi connectivity index (χ4n) is 2.37. The van der Waals surface area contributed by atoms with Crippen LogP contribution in [0.3, 0.4) is 0 Å². The first-order valence-electron chi connectivity index (χ1n) is 4.92. The largest absolute Gasteiger partial charge is 0.302 e. The zero-order valence-corrected chi connectivity index (χ0v) is 8.88. The third kappa shape index (κ3) is 1.24. The SMILES string of the molecule is O=S(O)c1ccc2c3c(cccc13)CC2. The van der Waals surface area contributed by atoms with Gasteiger partial charge in [0, 0.05) is 5.39 Å². The smallest absolute Gasteiger partial charge is 0.187 e. The molecule has 0 fully saturated rings. The van der Waals surface area contributed by atoms with Crippen LogP contribution < -0.4 is 0 Å². The number of benzene rings is 2. The lowest BCUT2D eigenvalue weighted by Gasteiger charge is -2.05. The second-order valence-electron chi connectivity index (χ2n) is 3.81. The molecule has 76 valence electrons. The van der Waals surface area contributed by atoms with Crippen molar-refractivity contribution in [2.24, 2.45) is 0 Å². The van der Waals surface area contributed by atoms with Gasteiger partial charge < -0.3 is 4.55 Å². The predicted octanol–water partition coefficient (Wildman–Crippen LogP) is 2.52. The Labute approximate surface area is 90.2 Å². The van der Waals surface area contributed by atoms with Gasteiger partial charge in [-0.05, 0) is 35.4 Å². The van der Waals surface area contributed by atoms with Crippen LogP contribution in [0, 0.1) is 0 Å². The minimum Gasteiger partial charge on any atom is -0.302 e. The highest BCUT2D eigenvalue weighted by Gasteiger charge is 2.17. The maximum absolute atomic E-state index is 11.2. The zero-order chi connectivity index (χ0) is 10.4. The van der Waals surface area contributed by atoms with E-state index in [-0.39, 0.29) is 0 Å². The number of hydrogen-bond donors (Lipinski definition) is 1. The van der Waals surface area contributed by atoms with Gasteiger partial charge in [-0.15, -0.1) is 0 Å². The van der Waals surface area contributed by atoms with E-state index < -0.39 is 11.1 Å². The Bertz CT molecular complexity index is 565. The van der Waals surface area contributed by atoms with Crippen molar-refractivity contribution in [3.8, 4) is 0 Å². The molecule has 0 amide bonds. The Hall–Kier alpha value is -1.19. The highest BCUT2D eigenvalue weighted by molar-refractivity contribution is 7.79. The summed E-state index contributed by atoms with van der Waals surface area (Å²) in [5, 5.41) is 2.13. The first-order chi connectivity index (χ1) is 7.27. The van der Waals surface area contributed by atoms with Crippen LogP contribution in [0.15, 0.2) is 35.2 Å². The van der Waals surface area contributed by atoms with Gasteiger partial charge in [0.05, 0.1) is 4.90 Å². The number of aryl methyl sites for hydroxylation is 2. The van der Waals surface area contributed by atoms with E-state index in [1.54, 1.807) is 6.07 Å². The van der Waals surface area contributed by atoms with Crippen LogP contribution >= 0.6 is 0 Å². The summed E-state index contributed by atoms with van der Waals surface area (Å²) in [6.07, 6.45) is 2.10. The molecule has 0 aromatic heterocycles. The van der Waals surface area contributed by atoms with Crippen molar-refractivity contribution in [2.45, 2.75) is 17.7 Å². The molecule has 1 aliphatic rings. The van der Waals surface area contributed by atoms with Gasteiger partial charge in [-0.25, -0.2) is 4.21 Å². The number of hydrogen-bond acceptors (Lipinski definition) is 1. The van der Waals surface area contributed by atoms with Gasteiger partial charge in [0.2, 0.25) is 0 Å². The highest BCUT2D eigenvalue weighted by atomic mass is 32.2. The second-order valence-corrected chi connectivity index (χ2v) is 4.75. The molecule has 0 radical (unpaired) electrons. The minimum atomic E-state index is -1.89. The van der Waals surface area contributed by atoms with E-state index in [0.717, 1.165) is 18.2 Å². The van der Waals surface area contributed by atoms with Gasteiger partial charge in [0.1, 0.15) is 0 Å².